The maximum Gasteiger partial charge on any atom is 0.120 e. The van der Waals surface area contributed by atoms with Gasteiger partial charge in [-0.15, -0.1) is 53.6 Å². The van der Waals surface area contributed by atoms with Gasteiger partial charge in [-0.05, 0) is 60.1 Å². The van der Waals surface area contributed by atoms with Gasteiger partial charge in [0.05, 0.1) is 28.1 Å². The molecule has 0 spiro atoms. The Labute approximate surface area is 316 Å². The summed E-state index contributed by atoms with van der Waals surface area (Å²) in [4.78, 5) is 13.8. The van der Waals surface area contributed by atoms with Gasteiger partial charge in [-0.2, -0.15) is 0 Å². The quantitative estimate of drug-likeness (QED) is 0.162. The van der Waals surface area contributed by atoms with Gasteiger partial charge < -0.3 is 14.0 Å². The molecule has 4 aromatic carbocycles. The number of fused-ring (bicyclic) bond motifs is 4. The Kier molecular flexibility index (Phi) is 8.10. The van der Waals surface area contributed by atoms with E-state index in [-0.39, 0.29) is 31.2 Å². The average Bonchev–Trinajstić information content (AvgIpc) is 3.74. The molecule has 0 saturated heterocycles. The van der Waals surface area contributed by atoms with E-state index < -0.39 is 13.7 Å². The van der Waals surface area contributed by atoms with Crippen LogP contribution < -0.4 is 0 Å². The molecular weight excluding hydrogens is 793 g/mol. The van der Waals surface area contributed by atoms with Crippen LogP contribution in [0, 0.1) is 32.8 Å². The summed E-state index contributed by atoms with van der Waals surface area (Å²) < 4.78 is 52.4. The summed E-state index contributed by atoms with van der Waals surface area (Å²) in [7, 11) is 0. The van der Waals surface area contributed by atoms with Crippen LogP contribution in [0.4, 0.5) is 0 Å². The first kappa shape index (κ1) is 27.9. The summed E-state index contributed by atoms with van der Waals surface area (Å²) in [6.07, 6.45) is 3.17. The monoisotopic (exact) mass is 839 g/mol. The van der Waals surface area contributed by atoms with Crippen LogP contribution in [0.15, 0.2) is 108 Å². The van der Waals surface area contributed by atoms with E-state index in [4.69, 9.17) is 17.6 Å². The van der Waals surface area contributed by atoms with Gasteiger partial charge >= 0.3 is 0 Å². The van der Waals surface area contributed by atoms with Crippen molar-refractivity contribution in [1.82, 2.24) is 19.5 Å². The van der Waals surface area contributed by atoms with Gasteiger partial charge in [-0.25, -0.2) is 0 Å². The van der Waals surface area contributed by atoms with E-state index in [1.165, 1.54) is 41.2 Å². The smallest absolute Gasteiger partial charge is 0.120 e. The van der Waals surface area contributed by atoms with Crippen molar-refractivity contribution in [2.24, 2.45) is 0 Å². The molecule has 5 nitrogen and oxygen atoms in total. The Morgan fingerprint density at radius 2 is 1.54 bits per heavy atom. The number of furan rings is 1. The van der Waals surface area contributed by atoms with Gasteiger partial charge in [0.2, 0.25) is 0 Å². The first-order valence-electron chi connectivity index (χ1n) is 19.4. The molecule has 0 aliphatic heterocycles. The number of nitrogens with zero attached hydrogens (tertiary/aromatic N) is 4. The van der Waals surface area contributed by atoms with Crippen LogP contribution in [0.5, 0.6) is 0 Å². The van der Waals surface area contributed by atoms with Crippen molar-refractivity contribution in [2.75, 3.05) is 0 Å². The summed E-state index contributed by atoms with van der Waals surface area (Å²) in [5, 5.41) is 2.17. The van der Waals surface area contributed by atoms with Crippen molar-refractivity contribution in [3.8, 4) is 28.3 Å². The molecule has 0 fully saturated rings. The SMILES string of the molecule is Cc1nccc2c1nc(-c1[c-]ccc3c1oc1ccccc13)n2-c1c(C(C)C)cccc1C(C)C.[2H]C([2H])([2H])c1c[c-]c(-c2ccc(C([2H])([2H])[2H])cn2)cc1.[Ir]. The fourth-order valence-electron chi connectivity index (χ4n) is 6.29. The van der Waals surface area contributed by atoms with Crippen LogP contribution in [-0.4, -0.2) is 19.5 Å². The molecule has 0 N–H and O–H groups in total. The number of hydrogen-bond donors (Lipinski definition) is 0. The molecule has 4 aromatic heterocycles. The van der Waals surface area contributed by atoms with Crippen LogP contribution in [0.25, 0.3) is 61.3 Å². The number of rotatable bonds is 5. The molecule has 0 aliphatic carbocycles. The second-order valence-electron chi connectivity index (χ2n) is 12.7. The predicted octanol–water partition coefficient (Wildman–Crippen LogP) is 11.5. The normalized spacial score (nSPS) is 13.6. The Bertz CT molecular complexity index is 2560. The van der Waals surface area contributed by atoms with Crippen molar-refractivity contribution in [2.45, 2.75) is 60.2 Å². The van der Waals surface area contributed by atoms with E-state index in [0.717, 1.165) is 50.1 Å². The van der Waals surface area contributed by atoms with Gasteiger partial charge in [0.1, 0.15) is 5.58 Å². The van der Waals surface area contributed by atoms with Crippen LogP contribution >= 0.6 is 0 Å². The zero-order chi connectivity index (χ0) is 39.2. The van der Waals surface area contributed by atoms with Gasteiger partial charge in [0, 0.05) is 51.8 Å². The van der Waals surface area contributed by atoms with Crippen molar-refractivity contribution in [3.63, 3.8) is 0 Å². The molecule has 6 heteroatoms. The van der Waals surface area contributed by atoms with E-state index in [1.54, 1.807) is 12.1 Å². The zero-order valence-electron chi connectivity index (χ0n) is 34.5. The Hall–Kier alpha value is -4.90. The van der Waals surface area contributed by atoms with E-state index in [9.17, 15) is 0 Å². The molecule has 1 radical (unpaired) electrons. The summed E-state index contributed by atoms with van der Waals surface area (Å²) in [5.41, 5.74) is 10.7. The maximum atomic E-state index is 7.28. The number of pyridine rings is 2. The third kappa shape index (κ3) is 6.54. The molecule has 0 saturated carbocycles. The molecule has 253 valence electrons. The number of para-hydroxylation sites is 2. The Morgan fingerprint density at radius 3 is 2.22 bits per heavy atom. The molecular formula is C44H40IrN4O-2. The minimum atomic E-state index is -2.18. The number of hydrogen-bond acceptors (Lipinski definition) is 4. The Balaban J connectivity index is 0.000000217. The summed E-state index contributed by atoms with van der Waals surface area (Å²) in [6, 6.07) is 34.9. The van der Waals surface area contributed by atoms with Crippen LogP contribution in [-0.2, 0) is 20.1 Å². The second kappa shape index (κ2) is 14.5. The first-order chi connectivity index (χ1) is 26.1. The van der Waals surface area contributed by atoms with Crippen molar-refractivity contribution >= 4 is 33.0 Å². The number of aromatic nitrogens is 4. The minimum absolute atomic E-state index is 0. The minimum Gasteiger partial charge on any atom is -0.501 e. The topological polar surface area (TPSA) is 56.7 Å². The standard InChI is InChI=1S/C31H28N3O.C13H12N.Ir/c1-18(2)21-11-8-12-22(19(3)4)29(21)34-26-16-17-32-20(5)28(26)33-31(34)25-14-9-13-24-23-10-6-7-15-27(23)35-30(24)25;1-10-3-6-12(7-4-10)13-8-5-11(2)9-14-13;/h6-13,15-19H,1-5H3;3-6,8-9H,1-2H3;/q2*-1;/i;1D3,2D3;. The number of imidazole rings is 1. The van der Waals surface area contributed by atoms with Crippen molar-refractivity contribution < 1.29 is 32.7 Å². The summed E-state index contributed by atoms with van der Waals surface area (Å²) >= 11 is 0. The fourth-order valence-corrected chi connectivity index (χ4v) is 6.29. The number of aryl methyl sites for hydroxylation is 3. The van der Waals surface area contributed by atoms with Crippen molar-refractivity contribution in [1.29, 1.82) is 0 Å². The molecule has 0 unspecified atom stereocenters. The molecule has 8 aromatic rings. The third-order valence-corrected chi connectivity index (χ3v) is 8.74. The van der Waals surface area contributed by atoms with Gasteiger partial charge in [0.25, 0.3) is 0 Å². The predicted molar refractivity (Wildman–Crippen MR) is 201 cm³/mol. The summed E-state index contributed by atoms with van der Waals surface area (Å²) in [5.74, 6) is 1.53. The average molecular weight is 839 g/mol. The molecule has 8 rings (SSSR count). The fraction of sp³-hybridized carbons (Fsp3) is 0.205. The van der Waals surface area contributed by atoms with E-state index >= 15 is 0 Å². The summed E-state index contributed by atoms with van der Waals surface area (Å²) in [6.45, 7) is 6.68. The maximum absolute atomic E-state index is 7.28. The van der Waals surface area contributed by atoms with Gasteiger partial charge in [0.15, 0.2) is 0 Å². The van der Waals surface area contributed by atoms with Crippen LogP contribution in [0.1, 0.15) is 75.7 Å². The number of benzene rings is 4. The molecule has 0 atom stereocenters. The zero-order valence-corrected chi connectivity index (χ0v) is 30.9. The van der Waals surface area contributed by atoms with Gasteiger partial charge in [-0.3, -0.25) is 9.97 Å². The van der Waals surface area contributed by atoms with E-state index in [0.29, 0.717) is 23.1 Å². The van der Waals surface area contributed by atoms with E-state index in [2.05, 4.69) is 90.8 Å². The molecule has 50 heavy (non-hydrogen) atoms. The largest absolute Gasteiger partial charge is 0.501 e. The molecule has 0 amide bonds. The third-order valence-electron chi connectivity index (χ3n) is 8.74. The van der Waals surface area contributed by atoms with Crippen LogP contribution in [0.3, 0.4) is 0 Å². The molecule has 0 bridgehead atoms. The Morgan fingerprint density at radius 1 is 0.780 bits per heavy atom. The first-order valence-corrected chi connectivity index (χ1v) is 16.4. The molecule has 4 heterocycles. The van der Waals surface area contributed by atoms with Gasteiger partial charge in [-0.1, -0.05) is 94.0 Å². The molecule has 0 aliphatic rings. The van der Waals surface area contributed by atoms with Crippen molar-refractivity contribution in [3.05, 3.63) is 143 Å². The second-order valence-corrected chi connectivity index (χ2v) is 12.7. The van der Waals surface area contributed by atoms with Crippen LogP contribution in [0.2, 0.25) is 0 Å². The van der Waals surface area contributed by atoms with E-state index in [1.807, 2.05) is 37.4 Å².